The van der Waals surface area contributed by atoms with Crippen LogP contribution in [0.4, 0.5) is 16.2 Å². The van der Waals surface area contributed by atoms with E-state index in [1.165, 1.54) is 0 Å². The minimum atomic E-state index is -3.35. The van der Waals surface area contributed by atoms with Crippen molar-refractivity contribution >= 4 is 33.3 Å². The molecule has 3 N–H and O–H groups in total. The number of amides is 3. The second-order valence-corrected chi connectivity index (χ2v) is 9.10. The summed E-state index contributed by atoms with van der Waals surface area (Å²) in [6.07, 6.45) is 2.29. The molecule has 0 atom stereocenters. The Balaban J connectivity index is 1.45. The number of sulfonamides is 1. The molecule has 2 aromatic carbocycles. The van der Waals surface area contributed by atoms with Crippen LogP contribution in [0.2, 0.25) is 0 Å². The summed E-state index contributed by atoms with van der Waals surface area (Å²) in [6, 6.07) is 16.0. The van der Waals surface area contributed by atoms with Crippen LogP contribution in [0.1, 0.15) is 18.4 Å². The lowest BCUT2D eigenvalue weighted by Gasteiger charge is -2.31. The summed E-state index contributed by atoms with van der Waals surface area (Å²) >= 11 is 0. The highest BCUT2D eigenvalue weighted by Crippen LogP contribution is 2.19. The van der Waals surface area contributed by atoms with Crippen LogP contribution in [0.15, 0.2) is 54.6 Å². The van der Waals surface area contributed by atoms with Gasteiger partial charge in [-0.3, -0.25) is 9.52 Å². The van der Waals surface area contributed by atoms with Gasteiger partial charge in [0.05, 0.1) is 6.26 Å². The molecule has 30 heavy (non-hydrogen) atoms. The molecular weight excluding hydrogens is 404 g/mol. The molecule has 8 nitrogen and oxygen atoms in total. The van der Waals surface area contributed by atoms with Crippen LogP contribution in [0.25, 0.3) is 0 Å². The number of anilines is 2. The summed E-state index contributed by atoms with van der Waals surface area (Å²) < 4.78 is 25.1. The summed E-state index contributed by atoms with van der Waals surface area (Å²) in [5.74, 6) is -0.206. The highest BCUT2D eigenvalue weighted by molar-refractivity contribution is 7.92. The Morgan fingerprint density at radius 3 is 2.33 bits per heavy atom. The van der Waals surface area contributed by atoms with Crippen LogP contribution in [0, 0.1) is 5.92 Å². The highest BCUT2D eigenvalue weighted by atomic mass is 32.2. The molecule has 1 heterocycles. The molecule has 2 aromatic rings. The summed E-state index contributed by atoms with van der Waals surface area (Å²) in [4.78, 5) is 26.6. The molecule has 160 valence electrons. The number of nitrogens with one attached hydrogen (secondary N) is 3. The maximum absolute atomic E-state index is 12.5. The van der Waals surface area contributed by atoms with Gasteiger partial charge in [0.25, 0.3) is 0 Å². The number of urea groups is 1. The highest BCUT2D eigenvalue weighted by Gasteiger charge is 2.27. The maximum atomic E-state index is 12.5. The number of benzene rings is 2. The van der Waals surface area contributed by atoms with Crippen molar-refractivity contribution in [1.82, 2.24) is 10.2 Å². The van der Waals surface area contributed by atoms with Crippen LogP contribution in [-0.2, 0) is 21.4 Å². The minimum absolute atomic E-state index is 0.0559. The lowest BCUT2D eigenvalue weighted by atomic mass is 9.96. The number of rotatable bonds is 6. The van der Waals surface area contributed by atoms with Crippen LogP contribution in [-0.4, -0.2) is 44.6 Å². The molecule has 0 bridgehead atoms. The van der Waals surface area contributed by atoms with Crippen LogP contribution in [0.3, 0.4) is 0 Å². The topological polar surface area (TPSA) is 108 Å². The summed E-state index contributed by atoms with van der Waals surface area (Å²) in [7, 11) is -3.35. The van der Waals surface area contributed by atoms with E-state index < -0.39 is 10.0 Å². The zero-order valence-corrected chi connectivity index (χ0v) is 17.6. The Labute approximate surface area is 176 Å². The Hall–Kier alpha value is -3.07. The fraction of sp³-hybridized carbons (Fsp3) is 0.333. The van der Waals surface area contributed by atoms with Gasteiger partial charge in [0.15, 0.2) is 0 Å². The molecule has 1 aliphatic heterocycles. The standard InChI is InChI=1S/C21H26N4O4S/c1-30(28,29)24-19-9-5-6-16(14-19)15-22-20(26)17-10-12-25(13-11-17)21(27)23-18-7-3-2-4-8-18/h2-9,14,17,24H,10-13,15H2,1H3,(H,22,26)(H,23,27). The first-order valence-electron chi connectivity index (χ1n) is 9.75. The Bertz CT molecular complexity index is 987. The molecule has 1 fully saturated rings. The smallest absolute Gasteiger partial charge is 0.321 e. The van der Waals surface area contributed by atoms with Crippen molar-refractivity contribution in [2.75, 3.05) is 29.4 Å². The number of carbonyl (C=O) groups is 2. The van der Waals surface area contributed by atoms with E-state index in [0.717, 1.165) is 17.5 Å². The molecule has 1 saturated heterocycles. The maximum Gasteiger partial charge on any atom is 0.321 e. The number of hydrogen-bond donors (Lipinski definition) is 3. The molecule has 0 saturated carbocycles. The molecule has 1 aliphatic rings. The van der Waals surface area contributed by atoms with Gasteiger partial charge in [-0.05, 0) is 42.7 Å². The van der Waals surface area contributed by atoms with Crippen molar-refractivity contribution in [1.29, 1.82) is 0 Å². The van der Waals surface area contributed by atoms with Crippen LogP contribution >= 0.6 is 0 Å². The largest absolute Gasteiger partial charge is 0.352 e. The van der Waals surface area contributed by atoms with Crippen LogP contribution < -0.4 is 15.4 Å². The second-order valence-electron chi connectivity index (χ2n) is 7.35. The van der Waals surface area contributed by atoms with Crippen molar-refractivity contribution in [2.24, 2.45) is 5.92 Å². The van der Waals surface area contributed by atoms with Crippen molar-refractivity contribution in [3.05, 3.63) is 60.2 Å². The number of para-hydroxylation sites is 1. The Kier molecular flexibility index (Phi) is 6.94. The molecule has 9 heteroatoms. The number of carbonyl (C=O) groups excluding carboxylic acids is 2. The zero-order valence-electron chi connectivity index (χ0n) is 16.8. The first kappa shape index (κ1) is 21.6. The lowest BCUT2D eigenvalue weighted by Crippen LogP contribution is -2.44. The van der Waals surface area contributed by atoms with Crippen molar-refractivity contribution in [2.45, 2.75) is 19.4 Å². The zero-order chi connectivity index (χ0) is 21.6. The molecule has 0 aromatic heterocycles. The van der Waals surface area contributed by atoms with E-state index in [0.29, 0.717) is 38.2 Å². The Morgan fingerprint density at radius 2 is 1.67 bits per heavy atom. The van der Waals surface area contributed by atoms with E-state index in [9.17, 15) is 18.0 Å². The SMILES string of the molecule is CS(=O)(=O)Nc1cccc(CNC(=O)C2CCN(C(=O)Nc3ccccc3)CC2)c1. The molecule has 0 unspecified atom stereocenters. The van der Waals surface area contributed by atoms with Gasteiger partial charge in [-0.2, -0.15) is 0 Å². The molecule has 0 aliphatic carbocycles. The predicted molar refractivity (Wildman–Crippen MR) is 117 cm³/mol. The van der Waals surface area contributed by atoms with Gasteiger partial charge in [0.2, 0.25) is 15.9 Å². The van der Waals surface area contributed by atoms with Gasteiger partial charge in [-0.15, -0.1) is 0 Å². The molecule has 3 rings (SSSR count). The fourth-order valence-electron chi connectivity index (χ4n) is 3.36. The summed E-state index contributed by atoms with van der Waals surface area (Å²) in [5.41, 5.74) is 2.01. The predicted octanol–water partition coefficient (Wildman–Crippen LogP) is 2.62. The van der Waals surface area contributed by atoms with Gasteiger partial charge >= 0.3 is 6.03 Å². The normalized spacial score (nSPS) is 14.8. The molecule has 3 amide bonds. The Morgan fingerprint density at radius 1 is 1.00 bits per heavy atom. The van der Waals surface area contributed by atoms with Gasteiger partial charge in [-0.25, -0.2) is 13.2 Å². The first-order valence-corrected chi connectivity index (χ1v) is 11.6. The first-order chi connectivity index (χ1) is 14.3. The number of nitrogens with zero attached hydrogens (tertiary/aromatic N) is 1. The van der Waals surface area contributed by atoms with E-state index in [4.69, 9.17) is 0 Å². The number of hydrogen-bond acceptors (Lipinski definition) is 4. The average Bonchev–Trinajstić information content (AvgIpc) is 2.72. The van der Waals surface area contributed by atoms with Gasteiger partial charge in [0, 0.05) is 36.9 Å². The fourth-order valence-corrected chi connectivity index (χ4v) is 3.92. The average molecular weight is 431 g/mol. The third-order valence-electron chi connectivity index (χ3n) is 4.87. The van der Waals surface area contributed by atoms with E-state index in [1.807, 2.05) is 36.4 Å². The van der Waals surface area contributed by atoms with Gasteiger partial charge < -0.3 is 15.5 Å². The van der Waals surface area contributed by atoms with E-state index >= 15 is 0 Å². The van der Waals surface area contributed by atoms with Gasteiger partial charge in [0.1, 0.15) is 0 Å². The third-order valence-corrected chi connectivity index (χ3v) is 5.48. The monoisotopic (exact) mass is 430 g/mol. The van der Waals surface area contributed by atoms with E-state index in [-0.39, 0.29) is 17.9 Å². The molecular formula is C21H26N4O4S. The molecule has 0 radical (unpaired) electrons. The minimum Gasteiger partial charge on any atom is -0.352 e. The summed E-state index contributed by atoms with van der Waals surface area (Å²) in [5, 5.41) is 5.77. The molecule has 0 spiro atoms. The van der Waals surface area contributed by atoms with Crippen molar-refractivity contribution in [3.8, 4) is 0 Å². The van der Waals surface area contributed by atoms with Crippen LogP contribution in [0.5, 0.6) is 0 Å². The van der Waals surface area contributed by atoms with E-state index in [1.54, 1.807) is 23.1 Å². The quantitative estimate of drug-likeness (QED) is 0.655. The van der Waals surface area contributed by atoms with Crippen molar-refractivity contribution in [3.63, 3.8) is 0 Å². The van der Waals surface area contributed by atoms with E-state index in [2.05, 4.69) is 15.4 Å². The van der Waals surface area contributed by atoms with Gasteiger partial charge in [-0.1, -0.05) is 30.3 Å². The number of likely N-dealkylation sites (tertiary alicyclic amines) is 1. The lowest BCUT2D eigenvalue weighted by molar-refractivity contribution is -0.126. The van der Waals surface area contributed by atoms with Crippen molar-refractivity contribution < 1.29 is 18.0 Å². The third kappa shape index (κ3) is 6.48. The second kappa shape index (κ2) is 9.62. The number of piperidine rings is 1. The summed E-state index contributed by atoms with van der Waals surface area (Å²) in [6.45, 7) is 1.35.